The number of carbonyl (C=O) groups is 2. The number of anilines is 1. The minimum Gasteiger partial charge on any atom is -0.488 e. The average Bonchev–Trinajstić information content (AvgIpc) is 3.67. The lowest BCUT2D eigenvalue weighted by atomic mass is 9.93. The second-order valence-electron chi connectivity index (χ2n) is 13.9. The number of para-hydroxylation sites is 1. The molecule has 3 aliphatic rings. The van der Waals surface area contributed by atoms with Crippen molar-refractivity contribution >= 4 is 17.9 Å². The summed E-state index contributed by atoms with van der Waals surface area (Å²) in [5.74, 6) is 1.69. The zero-order valence-corrected chi connectivity index (χ0v) is 28.0. The normalized spacial score (nSPS) is 21.8. The number of aryl methyl sites for hydroxylation is 2. The van der Waals surface area contributed by atoms with Crippen molar-refractivity contribution in [1.29, 1.82) is 0 Å². The number of carbonyl (C=O) groups excluding carboxylic acids is 2. The molecule has 0 bridgehead atoms. The molecular formula is C37H45N3O6. The molecule has 1 saturated heterocycles. The van der Waals surface area contributed by atoms with Gasteiger partial charge in [-0.25, -0.2) is 9.78 Å². The summed E-state index contributed by atoms with van der Waals surface area (Å²) in [4.78, 5) is 34.6. The Morgan fingerprint density at radius 1 is 1.04 bits per heavy atom. The number of aromatic nitrogens is 1. The number of nitrogens with zero attached hydrogens (tertiary/aromatic N) is 3. The zero-order chi connectivity index (χ0) is 32.8. The minimum atomic E-state index is -0.527. The van der Waals surface area contributed by atoms with Crippen LogP contribution in [-0.4, -0.2) is 67.5 Å². The van der Waals surface area contributed by atoms with Crippen LogP contribution in [0, 0.1) is 25.2 Å². The molecule has 6 rings (SSSR count). The van der Waals surface area contributed by atoms with Gasteiger partial charge in [0.15, 0.2) is 0 Å². The molecule has 2 fully saturated rings. The van der Waals surface area contributed by atoms with E-state index in [1.54, 1.807) is 12.0 Å². The minimum absolute atomic E-state index is 0.130. The van der Waals surface area contributed by atoms with Crippen molar-refractivity contribution in [1.82, 2.24) is 9.88 Å². The van der Waals surface area contributed by atoms with Crippen LogP contribution in [-0.2, 0) is 38.6 Å². The molecule has 0 unspecified atom stereocenters. The van der Waals surface area contributed by atoms with Crippen LogP contribution in [0.2, 0.25) is 0 Å². The summed E-state index contributed by atoms with van der Waals surface area (Å²) < 4.78 is 23.0. The highest BCUT2D eigenvalue weighted by atomic mass is 16.6. The number of fused-ring (bicyclic) bond motifs is 2. The summed E-state index contributed by atoms with van der Waals surface area (Å²) in [5.41, 5.74) is 6.36. The Morgan fingerprint density at radius 3 is 2.57 bits per heavy atom. The molecule has 2 aromatic carbocycles. The van der Waals surface area contributed by atoms with Crippen molar-refractivity contribution in [2.75, 3.05) is 38.8 Å². The lowest BCUT2D eigenvalue weighted by Crippen LogP contribution is -2.44. The molecular weight excluding hydrogens is 582 g/mol. The van der Waals surface area contributed by atoms with Crippen molar-refractivity contribution in [2.45, 2.75) is 72.3 Å². The van der Waals surface area contributed by atoms with E-state index in [1.807, 2.05) is 51.1 Å². The quantitative estimate of drug-likeness (QED) is 0.271. The fraction of sp³-hybridized carbons (Fsp3) is 0.486. The molecule has 1 saturated carbocycles. The molecule has 244 valence electrons. The lowest BCUT2D eigenvalue weighted by molar-refractivity contribution is -0.148. The Labute approximate surface area is 271 Å². The fourth-order valence-electron chi connectivity index (χ4n) is 7.30. The van der Waals surface area contributed by atoms with Crippen molar-refractivity contribution in [3.63, 3.8) is 0 Å². The van der Waals surface area contributed by atoms with Crippen LogP contribution in [0.15, 0.2) is 48.5 Å². The second kappa shape index (κ2) is 12.2. The summed E-state index contributed by atoms with van der Waals surface area (Å²) in [6.07, 6.45) is 1.33. The van der Waals surface area contributed by atoms with Gasteiger partial charge in [-0.1, -0.05) is 30.3 Å². The Morgan fingerprint density at radius 2 is 1.83 bits per heavy atom. The number of hydrogen-bond donors (Lipinski definition) is 0. The second-order valence-corrected chi connectivity index (χ2v) is 13.9. The van der Waals surface area contributed by atoms with E-state index < -0.39 is 11.0 Å². The van der Waals surface area contributed by atoms with Crippen LogP contribution in [0.4, 0.5) is 10.6 Å². The molecule has 1 aliphatic carbocycles. The lowest BCUT2D eigenvalue weighted by Gasteiger charge is -2.32. The van der Waals surface area contributed by atoms with E-state index in [4.69, 9.17) is 23.9 Å². The van der Waals surface area contributed by atoms with Gasteiger partial charge in [0.1, 0.15) is 23.8 Å². The van der Waals surface area contributed by atoms with Gasteiger partial charge in [-0.3, -0.25) is 4.79 Å². The molecule has 0 spiro atoms. The van der Waals surface area contributed by atoms with E-state index >= 15 is 0 Å². The molecule has 1 aromatic heterocycles. The zero-order valence-electron chi connectivity index (χ0n) is 28.0. The molecule has 0 N–H and O–H groups in total. The maximum absolute atomic E-state index is 12.8. The molecule has 1 amide bonds. The van der Waals surface area contributed by atoms with Gasteiger partial charge in [0, 0.05) is 32.3 Å². The molecule has 9 nitrogen and oxygen atoms in total. The van der Waals surface area contributed by atoms with Gasteiger partial charge < -0.3 is 28.7 Å². The van der Waals surface area contributed by atoms with Crippen LogP contribution < -0.4 is 9.64 Å². The highest BCUT2D eigenvalue weighted by Gasteiger charge is 2.71. The number of esters is 1. The van der Waals surface area contributed by atoms with Crippen LogP contribution in [0.3, 0.4) is 0 Å². The van der Waals surface area contributed by atoms with Gasteiger partial charge in [-0.05, 0) is 99.4 Å². The highest BCUT2D eigenvalue weighted by Crippen LogP contribution is 2.62. The Kier molecular flexibility index (Phi) is 8.48. The molecule has 3 atom stereocenters. The first-order valence-corrected chi connectivity index (χ1v) is 16.1. The monoisotopic (exact) mass is 627 g/mol. The number of amides is 1. The number of hydrogen-bond acceptors (Lipinski definition) is 8. The van der Waals surface area contributed by atoms with Gasteiger partial charge >= 0.3 is 12.1 Å². The smallest absolute Gasteiger partial charge is 0.410 e. The average molecular weight is 628 g/mol. The Bertz CT molecular complexity index is 1650. The third-order valence-electron chi connectivity index (χ3n) is 9.61. The van der Waals surface area contributed by atoms with Gasteiger partial charge in [0.25, 0.3) is 0 Å². The number of methoxy groups -OCH3 is 2. The highest BCUT2D eigenvalue weighted by molar-refractivity contribution is 5.84. The van der Waals surface area contributed by atoms with E-state index in [-0.39, 0.29) is 24.0 Å². The Balaban J connectivity index is 1.21. The van der Waals surface area contributed by atoms with Gasteiger partial charge in [-0.15, -0.1) is 0 Å². The van der Waals surface area contributed by atoms with Crippen LogP contribution >= 0.6 is 0 Å². The topological polar surface area (TPSA) is 90.4 Å². The molecule has 9 heteroatoms. The summed E-state index contributed by atoms with van der Waals surface area (Å²) >= 11 is 0. The predicted octanol–water partition coefficient (Wildman–Crippen LogP) is 6.25. The summed E-state index contributed by atoms with van der Waals surface area (Å²) in [7, 11) is 3.13. The van der Waals surface area contributed by atoms with E-state index in [1.165, 1.54) is 18.2 Å². The molecule has 0 radical (unpaired) electrons. The van der Waals surface area contributed by atoms with Crippen LogP contribution in [0.5, 0.6) is 5.75 Å². The summed E-state index contributed by atoms with van der Waals surface area (Å²) in [6.45, 7) is 12.6. The summed E-state index contributed by atoms with van der Waals surface area (Å²) in [5, 5.41) is 0. The van der Waals surface area contributed by atoms with Crippen LogP contribution in [0.1, 0.15) is 55.0 Å². The third kappa shape index (κ3) is 5.93. The van der Waals surface area contributed by atoms with Crippen molar-refractivity contribution < 1.29 is 28.5 Å². The van der Waals surface area contributed by atoms with E-state index in [0.29, 0.717) is 26.3 Å². The third-order valence-corrected chi connectivity index (χ3v) is 9.61. The van der Waals surface area contributed by atoms with Crippen LogP contribution in [0.25, 0.3) is 11.3 Å². The van der Waals surface area contributed by atoms with E-state index in [9.17, 15) is 9.59 Å². The maximum atomic E-state index is 12.8. The first-order chi connectivity index (χ1) is 21.9. The molecule has 3 heterocycles. The molecule has 46 heavy (non-hydrogen) atoms. The predicted molar refractivity (Wildman–Crippen MR) is 176 cm³/mol. The maximum Gasteiger partial charge on any atom is 0.410 e. The Hall–Kier alpha value is -4.11. The molecule has 3 aromatic rings. The number of rotatable bonds is 8. The molecule has 2 aliphatic heterocycles. The number of pyridine rings is 1. The summed E-state index contributed by atoms with van der Waals surface area (Å²) in [6, 6.07) is 16.4. The number of ether oxygens (including phenoxy) is 4. The SMILES string of the molecule is COC[C@@H]1N(c2cccc(-c3cccc(C)c3OCc3cc(C)c4c(c3)CCN(C(=O)OC(C)(C)C)C4)n2)C[C@@H]2C[C@@]21C(=O)OC. The first kappa shape index (κ1) is 31.9. The van der Waals surface area contributed by atoms with Gasteiger partial charge in [0.05, 0.1) is 30.9 Å². The fourth-order valence-corrected chi connectivity index (χ4v) is 7.30. The number of benzene rings is 2. The van der Waals surface area contributed by atoms with Crippen molar-refractivity contribution in [3.8, 4) is 17.0 Å². The number of piperidine rings is 1. The van der Waals surface area contributed by atoms with Crippen molar-refractivity contribution in [2.24, 2.45) is 11.3 Å². The van der Waals surface area contributed by atoms with Gasteiger partial charge in [0.2, 0.25) is 0 Å². The van der Waals surface area contributed by atoms with Gasteiger partial charge in [-0.2, -0.15) is 0 Å². The van der Waals surface area contributed by atoms with Crippen molar-refractivity contribution in [3.05, 3.63) is 76.3 Å². The standard InChI is InChI=1S/C37H45N3O6/c1-23-10-8-11-28(30-12-9-13-32(38-30)40-19-27-18-37(27,34(41)44-7)31(40)22-43-6)33(23)45-21-25-16-24(2)29-20-39(15-14-26(29)17-25)35(42)46-36(3,4)5/h8-13,16-17,27,31H,14-15,18-22H2,1-7H3/t27-,31-,37+/m0/s1. The largest absolute Gasteiger partial charge is 0.488 e. The van der Waals surface area contributed by atoms with E-state index in [0.717, 1.165) is 58.9 Å². The first-order valence-electron chi connectivity index (χ1n) is 16.1. The van der Waals surface area contributed by atoms with E-state index in [2.05, 4.69) is 36.9 Å².